The van der Waals surface area contributed by atoms with E-state index in [0.717, 1.165) is 35.9 Å². The Hall–Kier alpha value is -2.87. The Morgan fingerprint density at radius 1 is 1.07 bits per heavy atom. The number of carbonyl (C=O) groups is 3. The van der Waals surface area contributed by atoms with Crippen LogP contribution in [-0.4, -0.2) is 51.1 Å². The van der Waals surface area contributed by atoms with E-state index in [4.69, 9.17) is 0 Å². The Morgan fingerprint density at radius 2 is 1.83 bits per heavy atom. The highest BCUT2D eigenvalue weighted by Crippen LogP contribution is 2.33. The summed E-state index contributed by atoms with van der Waals surface area (Å²) >= 11 is 0.797. The molecule has 0 radical (unpaired) electrons. The second-order valence-corrected chi connectivity index (χ2v) is 7.96. The van der Waals surface area contributed by atoms with Crippen LogP contribution in [0.25, 0.3) is 11.8 Å². The van der Waals surface area contributed by atoms with Crippen LogP contribution in [0.1, 0.15) is 25.0 Å². The molecular weight excluding hydrogens is 393 g/mol. The number of para-hydroxylation sites is 1. The van der Waals surface area contributed by atoms with Crippen molar-refractivity contribution in [3.05, 3.63) is 59.0 Å². The van der Waals surface area contributed by atoms with Crippen molar-refractivity contribution >= 4 is 34.9 Å². The molecule has 29 heavy (non-hydrogen) atoms. The van der Waals surface area contributed by atoms with Gasteiger partial charge in [-0.3, -0.25) is 19.3 Å². The Kier molecular flexibility index (Phi) is 5.53. The number of halogens is 1. The minimum atomic E-state index is -0.494. The molecule has 0 atom stereocenters. The lowest BCUT2D eigenvalue weighted by atomic mass is 10.1. The quantitative estimate of drug-likeness (QED) is 0.718. The van der Waals surface area contributed by atoms with Crippen LogP contribution in [0.3, 0.4) is 0 Å². The van der Waals surface area contributed by atoms with Gasteiger partial charge >= 0.3 is 0 Å². The van der Waals surface area contributed by atoms with Crippen LogP contribution in [0.4, 0.5) is 9.18 Å². The lowest BCUT2D eigenvalue weighted by Gasteiger charge is -2.27. The van der Waals surface area contributed by atoms with Crippen LogP contribution < -0.4 is 0 Å². The molecule has 3 heterocycles. The largest absolute Gasteiger partial charge is 0.341 e. The third-order valence-corrected chi connectivity index (χ3v) is 5.95. The minimum Gasteiger partial charge on any atom is -0.341 e. The summed E-state index contributed by atoms with van der Waals surface area (Å²) in [4.78, 5) is 40.4. The average Bonchev–Trinajstić information content (AvgIpc) is 3.29. The number of hydrogen-bond donors (Lipinski definition) is 0. The highest BCUT2D eigenvalue weighted by Gasteiger charge is 2.37. The van der Waals surface area contributed by atoms with Crippen molar-refractivity contribution in [1.29, 1.82) is 0 Å². The van der Waals surface area contributed by atoms with Crippen LogP contribution in [0.15, 0.2) is 47.5 Å². The van der Waals surface area contributed by atoms with Crippen molar-refractivity contribution in [2.24, 2.45) is 0 Å². The fourth-order valence-corrected chi connectivity index (χ4v) is 4.35. The number of rotatable bonds is 4. The molecule has 1 aromatic heterocycles. The first-order chi connectivity index (χ1) is 14.0. The zero-order valence-electron chi connectivity index (χ0n) is 15.7. The minimum absolute atomic E-state index is 0.206. The number of likely N-dealkylation sites (tertiary alicyclic amines) is 1. The van der Waals surface area contributed by atoms with Crippen LogP contribution in [0.5, 0.6) is 0 Å². The monoisotopic (exact) mass is 413 g/mol. The second-order valence-electron chi connectivity index (χ2n) is 6.96. The summed E-state index contributed by atoms with van der Waals surface area (Å²) in [5.74, 6) is -1.09. The molecule has 0 unspecified atom stereocenters. The molecule has 2 aliphatic heterocycles. The second kappa shape index (κ2) is 8.24. The van der Waals surface area contributed by atoms with E-state index in [1.165, 1.54) is 6.07 Å². The van der Waals surface area contributed by atoms with Crippen LogP contribution in [0, 0.1) is 5.82 Å². The standard InChI is InChI=1S/C21H20FN3O3S/c22-16-8-2-3-9-17(16)24-12-6-7-15(24)13-18-20(27)25(21(28)29-18)14-19(26)23-10-4-1-5-11-23/h2-3,6-9,12-13H,1,4-5,10-11,14H2/b18-13-. The molecule has 150 valence electrons. The highest BCUT2D eigenvalue weighted by molar-refractivity contribution is 8.18. The van der Waals surface area contributed by atoms with E-state index >= 15 is 0 Å². The highest BCUT2D eigenvalue weighted by atomic mass is 32.2. The number of thioether (sulfide) groups is 1. The molecule has 6 nitrogen and oxygen atoms in total. The molecule has 0 bridgehead atoms. The van der Waals surface area contributed by atoms with Gasteiger partial charge in [0, 0.05) is 25.0 Å². The molecule has 4 rings (SSSR count). The Labute approximate surface area is 172 Å². The molecule has 2 aliphatic rings. The molecule has 8 heteroatoms. The van der Waals surface area contributed by atoms with E-state index in [1.807, 2.05) is 0 Å². The summed E-state index contributed by atoms with van der Waals surface area (Å²) in [6.45, 7) is 1.10. The molecule has 2 fully saturated rings. The summed E-state index contributed by atoms with van der Waals surface area (Å²) in [7, 11) is 0. The van der Waals surface area contributed by atoms with Gasteiger partial charge in [-0.2, -0.15) is 0 Å². The maximum atomic E-state index is 14.1. The maximum Gasteiger partial charge on any atom is 0.294 e. The summed E-state index contributed by atoms with van der Waals surface area (Å²) in [6.07, 6.45) is 6.23. The summed E-state index contributed by atoms with van der Waals surface area (Å²) in [5, 5.41) is -0.462. The van der Waals surface area contributed by atoms with Crippen molar-refractivity contribution in [2.45, 2.75) is 19.3 Å². The van der Waals surface area contributed by atoms with Gasteiger partial charge in [0.15, 0.2) is 0 Å². The smallest absolute Gasteiger partial charge is 0.294 e. The van der Waals surface area contributed by atoms with Crippen LogP contribution >= 0.6 is 11.8 Å². The average molecular weight is 413 g/mol. The number of piperidine rings is 1. The van der Waals surface area contributed by atoms with Crippen LogP contribution in [-0.2, 0) is 9.59 Å². The Morgan fingerprint density at radius 3 is 2.59 bits per heavy atom. The third kappa shape index (κ3) is 3.98. The first-order valence-electron chi connectivity index (χ1n) is 9.50. The molecule has 1 aromatic carbocycles. The van der Waals surface area contributed by atoms with Gasteiger partial charge < -0.3 is 9.47 Å². The first-order valence-corrected chi connectivity index (χ1v) is 10.3. The van der Waals surface area contributed by atoms with E-state index in [0.29, 0.717) is 24.5 Å². The fraction of sp³-hybridized carbons (Fsp3) is 0.286. The summed E-state index contributed by atoms with van der Waals surface area (Å²) < 4.78 is 15.8. The number of carbonyl (C=O) groups excluding carboxylic acids is 3. The van der Waals surface area contributed by atoms with Crippen molar-refractivity contribution in [3.63, 3.8) is 0 Å². The number of hydrogen-bond acceptors (Lipinski definition) is 4. The van der Waals surface area contributed by atoms with Crippen molar-refractivity contribution in [3.8, 4) is 5.69 Å². The van der Waals surface area contributed by atoms with Crippen molar-refractivity contribution in [1.82, 2.24) is 14.4 Å². The number of nitrogens with zero attached hydrogens (tertiary/aromatic N) is 3. The lowest BCUT2D eigenvalue weighted by molar-refractivity contribution is -0.136. The topological polar surface area (TPSA) is 62.6 Å². The normalized spacial score (nSPS) is 18.7. The van der Waals surface area contributed by atoms with Crippen molar-refractivity contribution < 1.29 is 18.8 Å². The molecule has 0 saturated carbocycles. The Bertz CT molecular complexity index is 995. The molecular formula is C21H20FN3O3S. The number of amides is 3. The van der Waals surface area contributed by atoms with Gasteiger partial charge in [-0.1, -0.05) is 12.1 Å². The molecule has 2 aromatic rings. The maximum absolute atomic E-state index is 14.1. The molecule has 0 aliphatic carbocycles. The zero-order valence-corrected chi connectivity index (χ0v) is 16.5. The molecule has 0 N–H and O–H groups in total. The van der Waals surface area contributed by atoms with Gasteiger partial charge in [0.25, 0.3) is 11.1 Å². The van der Waals surface area contributed by atoms with Gasteiger partial charge in [0.2, 0.25) is 5.91 Å². The number of imide groups is 1. The van der Waals surface area contributed by atoms with Gasteiger partial charge in [0.05, 0.1) is 10.6 Å². The summed E-state index contributed by atoms with van der Waals surface area (Å²) in [6, 6.07) is 9.80. The van der Waals surface area contributed by atoms with Gasteiger partial charge in [-0.25, -0.2) is 4.39 Å². The van der Waals surface area contributed by atoms with E-state index in [9.17, 15) is 18.8 Å². The SMILES string of the molecule is O=C(CN1C(=O)S/C(=C\c2cccn2-c2ccccc2F)C1=O)N1CCCCC1. The molecule has 0 spiro atoms. The number of benzene rings is 1. The molecule has 2 saturated heterocycles. The first kappa shape index (κ1) is 19.4. The van der Waals surface area contributed by atoms with Gasteiger partial charge in [-0.15, -0.1) is 0 Å². The number of aromatic nitrogens is 1. The van der Waals surface area contributed by atoms with Crippen molar-refractivity contribution in [2.75, 3.05) is 19.6 Å². The predicted octanol–water partition coefficient (Wildman–Crippen LogP) is 3.67. The zero-order chi connectivity index (χ0) is 20.4. The predicted molar refractivity (Wildman–Crippen MR) is 109 cm³/mol. The fourth-order valence-electron chi connectivity index (χ4n) is 3.53. The van der Waals surface area contributed by atoms with Gasteiger partial charge in [0.1, 0.15) is 12.4 Å². The summed E-state index contributed by atoms with van der Waals surface area (Å²) in [5.41, 5.74) is 0.922. The molecule has 3 amide bonds. The third-order valence-electron chi connectivity index (χ3n) is 5.05. The van der Waals surface area contributed by atoms with Gasteiger partial charge in [-0.05, 0) is 61.4 Å². The van der Waals surface area contributed by atoms with E-state index in [1.54, 1.807) is 52.1 Å². The van der Waals surface area contributed by atoms with E-state index in [2.05, 4.69) is 0 Å². The lowest BCUT2D eigenvalue weighted by Crippen LogP contribution is -2.44. The van der Waals surface area contributed by atoms with E-state index < -0.39 is 17.0 Å². The van der Waals surface area contributed by atoms with E-state index in [-0.39, 0.29) is 17.4 Å². The Balaban J connectivity index is 1.54. The van der Waals surface area contributed by atoms with Crippen LogP contribution in [0.2, 0.25) is 0 Å².